The minimum atomic E-state index is 0.750. The first kappa shape index (κ1) is 14.0. The number of hydrogen-bond donors (Lipinski definition) is 2. The summed E-state index contributed by atoms with van der Waals surface area (Å²) in [5, 5.41) is 6.52. The van der Waals surface area contributed by atoms with Gasteiger partial charge in [-0.1, -0.05) is 0 Å². The Balaban J connectivity index is 2.26. The average molecular weight is 273 g/mol. The highest BCUT2D eigenvalue weighted by Gasteiger charge is 2.06. The highest BCUT2D eigenvalue weighted by molar-refractivity contribution is 5.69. The van der Waals surface area contributed by atoms with Gasteiger partial charge in [-0.25, -0.2) is 0 Å². The number of benzene rings is 1. The Morgan fingerprint density at radius 2 is 1.85 bits per heavy atom. The SMILES string of the molecule is CCNc1cncc(Nc2cc(OC)ccc2OC)c1. The molecular formula is C15H19N3O2. The topological polar surface area (TPSA) is 55.4 Å². The number of nitrogens with zero attached hydrogens (tertiary/aromatic N) is 1. The number of pyridine rings is 1. The molecule has 1 heterocycles. The molecule has 0 atom stereocenters. The third-order valence-electron chi connectivity index (χ3n) is 2.80. The highest BCUT2D eigenvalue weighted by Crippen LogP contribution is 2.31. The van der Waals surface area contributed by atoms with Crippen LogP contribution in [0.2, 0.25) is 0 Å². The molecule has 2 aromatic rings. The first-order chi connectivity index (χ1) is 9.76. The van der Waals surface area contributed by atoms with Crippen LogP contribution < -0.4 is 20.1 Å². The molecule has 5 nitrogen and oxygen atoms in total. The molecule has 0 unspecified atom stereocenters. The van der Waals surface area contributed by atoms with Gasteiger partial charge in [0.1, 0.15) is 11.5 Å². The fraction of sp³-hybridized carbons (Fsp3) is 0.267. The van der Waals surface area contributed by atoms with Gasteiger partial charge >= 0.3 is 0 Å². The first-order valence-corrected chi connectivity index (χ1v) is 6.44. The molecule has 0 saturated carbocycles. The van der Waals surface area contributed by atoms with E-state index in [0.717, 1.165) is 35.1 Å². The van der Waals surface area contributed by atoms with E-state index in [9.17, 15) is 0 Å². The lowest BCUT2D eigenvalue weighted by Gasteiger charge is -2.13. The molecule has 0 aliphatic heterocycles. The van der Waals surface area contributed by atoms with Crippen LogP contribution in [-0.4, -0.2) is 25.7 Å². The van der Waals surface area contributed by atoms with E-state index in [1.807, 2.05) is 31.2 Å². The van der Waals surface area contributed by atoms with Crippen molar-refractivity contribution >= 4 is 17.1 Å². The van der Waals surface area contributed by atoms with Gasteiger partial charge in [0.05, 0.1) is 43.7 Å². The minimum absolute atomic E-state index is 0.750. The van der Waals surface area contributed by atoms with Gasteiger partial charge in [0.2, 0.25) is 0 Å². The third-order valence-corrected chi connectivity index (χ3v) is 2.80. The van der Waals surface area contributed by atoms with Gasteiger partial charge < -0.3 is 20.1 Å². The Bertz CT molecular complexity index is 573. The number of nitrogens with one attached hydrogen (secondary N) is 2. The molecule has 106 valence electrons. The predicted molar refractivity (Wildman–Crippen MR) is 81.2 cm³/mol. The zero-order chi connectivity index (χ0) is 14.4. The maximum absolute atomic E-state index is 5.34. The van der Waals surface area contributed by atoms with E-state index < -0.39 is 0 Å². The van der Waals surface area contributed by atoms with Crippen LogP contribution in [-0.2, 0) is 0 Å². The van der Waals surface area contributed by atoms with E-state index >= 15 is 0 Å². The lowest BCUT2D eigenvalue weighted by Crippen LogP contribution is -1.99. The number of rotatable bonds is 6. The van der Waals surface area contributed by atoms with E-state index in [1.54, 1.807) is 26.6 Å². The van der Waals surface area contributed by atoms with Crippen molar-refractivity contribution in [1.82, 2.24) is 4.98 Å². The lowest BCUT2D eigenvalue weighted by molar-refractivity contribution is 0.405. The third kappa shape index (κ3) is 3.32. The van der Waals surface area contributed by atoms with Crippen LogP contribution in [0.3, 0.4) is 0 Å². The molecule has 0 fully saturated rings. The average Bonchev–Trinajstić information content (AvgIpc) is 2.48. The Morgan fingerprint density at radius 1 is 1.05 bits per heavy atom. The van der Waals surface area contributed by atoms with Gasteiger partial charge in [0, 0.05) is 12.6 Å². The van der Waals surface area contributed by atoms with E-state index in [4.69, 9.17) is 9.47 Å². The van der Waals surface area contributed by atoms with Gasteiger partial charge in [-0.3, -0.25) is 4.98 Å². The number of ether oxygens (including phenoxy) is 2. The molecule has 0 aliphatic rings. The first-order valence-electron chi connectivity index (χ1n) is 6.44. The van der Waals surface area contributed by atoms with E-state index in [-0.39, 0.29) is 0 Å². The van der Waals surface area contributed by atoms with Crippen molar-refractivity contribution in [1.29, 1.82) is 0 Å². The Kier molecular flexibility index (Phi) is 4.65. The van der Waals surface area contributed by atoms with Crippen molar-refractivity contribution in [3.8, 4) is 11.5 Å². The van der Waals surface area contributed by atoms with Gasteiger partial charge in [0.15, 0.2) is 0 Å². The minimum Gasteiger partial charge on any atom is -0.497 e. The molecule has 0 spiro atoms. The molecule has 20 heavy (non-hydrogen) atoms. The van der Waals surface area contributed by atoms with Crippen molar-refractivity contribution in [2.45, 2.75) is 6.92 Å². The fourth-order valence-electron chi connectivity index (χ4n) is 1.88. The fourth-order valence-corrected chi connectivity index (χ4v) is 1.88. The van der Waals surface area contributed by atoms with Crippen LogP contribution in [0.1, 0.15) is 6.92 Å². The Labute approximate surface area is 118 Å². The van der Waals surface area contributed by atoms with Crippen molar-refractivity contribution in [2.24, 2.45) is 0 Å². The van der Waals surface area contributed by atoms with E-state index in [2.05, 4.69) is 15.6 Å². The number of aromatic nitrogens is 1. The summed E-state index contributed by atoms with van der Waals surface area (Å²) in [6.07, 6.45) is 3.55. The summed E-state index contributed by atoms with van der Waals surface area (Å²) in [7, 11) is 3.28. The summed E-state index contributed by atoms with van der Waals surface area (Å²) >= 11 is 0. The Hall–Kier alpha value is -2.43. The summed E-state index contributed by atoms with van der Waals surface area (Å²) in [5.74, 6) is 1.52. The monoisotopic (exact) mass is 273 g/mol. The second-order valence-corrected chi connectivity index (χ2v) is 4.18. The van der Waals surface area contributed by atoms with Crippen LogP contribution in [0.15, 0.2) is 36.7 Å². The summed E-state index contributed by atoms with van der Waals surface area (Å²) in [4.78, 5) is 4.20. The zero-order valence-corrected chi connectivity index (χ0v) is 11.9. The molecule has 2 N–H and O–H groups in total. The number of anilines is 3. The molecule has 1 aromatic carbocycles. The van der Waals surface area contributed by atoms with Gasteiger partial charge in [-0.15, -0.1) is 0 Å². The summed E-state index contributed by atoms with van der Waals surface area (Å²) in [6, 6.07) is 7.61. The van der Waals surface area contributed by atoms with Gasteiger partial charge in [-0.2, -0.15) is 0 Å². The van der Waals surface area contributed by atoms with Crippen LogP contribution in [0, 0.1) is 0 Å². The molecule has 1 aromatic heterocycles. The summed E-state index contributed by atoms with van der Waals surface area (Å²) in [6.45, 7) is 2.90. The maximum atomic E-state index is 5.34. The lowest BCUT2D eigenvalue weighted by atomic mass is 10.2. The van der Waals surface area contributed by atoms with Crippen LogP contribution in [0.4, 0.5) is 17.1 Å². The van der Waals surface area contributed by atoms with E-state index in [1.165, 1.54) is 0 Å². The standard InChI is InChI=1S/C15H19N3O2/c1-4-17-11-7-12(10-16-9-11)18-14-8-13(19-2)5-6-15(14)20-3/h5-10,17-18H,4H2,1-3H3. The van der Waals surface area contributed by atoms with Crippen molar-refractivity contribution in [2.75, 3.05) is 31.4 Å². The Morgan fingerprint density at radius 3 is 2.55 bits per heavy atom. The maximum Gasteiger partial charge on any atom is 0.142 e. The second kappa shape index (κ2) is 6.65. The molecule has 0 saturated heterocycles. The van der Waals surface area contributed by atoms with Gasteiger partial charge in [0.25, 0.3) is 0 Å². The number of methoxy groups -OCH3 is 2. The predicted octanol–water partition coefficient (Wildman–Crippen LogP) is 3.27. The van der Waals surface area contributed by atoms with Crippen molar-refractivity contribution in [3.63, 3.8) is 0 Å². The molecule has 0 amide bonds. The molecule has 0 radical (unpaired) electrons. The molecule has 0 aliphatic carbocycles. The van der Waals surface area contributed by atoms with Gasteiger partial charge in [-0.05, 0) is 25.1 Å². The van der Waals surface area contributed by atoms with Crippen LogP contribution in [0.25, 0.3) is 0 Å². The molecule has 5 heteroatoms. The molecular weight excluding hydrogens is 254 g/mol. The largest absolute Gasteiger partial charge is 0.497 e. The van der Waals surface area contributed by atoms with Crippen molar-refractivity contribution in [3.05, 3.63) is 36.7 Å². The zero-order valence-electron chi connectivity index (χ0n) is 11.9. The van der Waals surface area contributed by atoms with Crippen LogP contribution in [0.5, 0.6) is 11.5 Å². The van der Waals surface area contributed by atoms with E-state index in [0.29, 0.717) is 0 Å². The second-order valence-electron chi connectivity index (χ2n) is 4.18. The molecule has 2 rings (SSSR count). The van der Waals surface area contributed by atoms with Crippen LogP contribution >= 0.6 is 0 Å². The highest BCUT2D eigenvalue weighted by atomic mass is 16.5. The summed E-state index contributed by atoms with van der Waals surface area (Å²) in [5.41, 5.74) is 2.69. The smallest absolute Gasteiger partial charge is 0.142 e. The number of hydrogen-bond acceptors (Lipinski definition) is 5. The molecule has 0 bridgehead atoms. The quantitative estimate of drug-likeness (QED) is 0.846. The normalized spacial score (nSPS) is 9.95. The van der Waals surface area contributed by atoms with Crippen molar-refractivity contribution < 1.29 is 9.47 Å². The summed E-state index contributed by atoms with van der Waals surface area (Å²) < 4.78 is 10.6.